The van der Waals surface area contributed by atoms with E-state index in [1.165, 1.54) is 0 Å². The number of carbonyl (C=O) groups excluding carboxylic acids is 1. The molecule has 24 heavy (non-hydrogen) atoms. The minimum Gasteiger partial charge on any atom is -0.302 e. The number of hydrogen-bond donors (Lipinski definition) is 0. The van der Waals surface area contributed by atoms with Gasteiger partial charge in [-0.3, -0.25) is 9.69 Å². The van der Waals surface area contributed by atoms with Crippen molar-refractivity contribution >= 4 is 44.2 Å². The van der Waals surface area contributed by atoms with Gasteiger partial charge < -0.3 is 4.90 Å². The first-order valence-electron chi connectivity index (χ1n) is 8.63. The molecule has 1 aliphatic carbocycles. The number of amides is 1. The molecule has 3 rings (SSSR count). The average Bonchev–Trinajstić information content (AvgIpc) is 3.31. The standard InChI is InChI=1S/C18H24ClN3OS/c1-4-21(5-2)8-9-22(17(23)13-6-7-13)18-20-16-12(3)10-14(19)11-15(16)24-18/h10-11,13H,4-9H2,1-3H3. The van der Waals surface area contributed by atoms with E-state index in [-0.39, 0.29) is 11.8 Å². The molecule has 1 aliphatic rings. The Bertz CT molecular complexity index is 737. The molecule has 1 heterocycles. The van der Waals surface area contributed by atoms with Gasteiger partial charge in [-0.1, -0.05) is 36.8 Å². The number of halogens is 1. The van der Waals surface area contributed by atoms with E-state index in [2.05, 4.69) is 18.7 Å². The Morgan fingerprint density at radius 2 is 2.00 bits per heavy atom. The van der Waals surface area contributed by atoms with Gasteiger partial charge in [0.2, 0.25) is 5.91 Å². The molecule has 0 radical (unpaired) electrons. The summed E-state index contributed by atoms with van der Waals surface area (Å²) in [6.45, 7) is 9.89. The van der Waals surface area contributed by atoms with Crippen molar-refractivity contribution in [3.63, 3.8) is 0 Å². The van der Waals surface area contributed by atoms with Gasteiger partial charge in [-0.05, 0) is 50.6 Å². The molecule has 1 amide bonds. The molecular weight excluding hydrogens is 342 g/mol. The van der Waals surface area contributed by atoms with E-state index in [1.54, 1.807) is 11.3 Å². The molecule has 0 atom stereocenters. The van der Waals surface area contributed by atoms with E-state index in [0.29, 0.717) is 6.54 Å². The second-order valence-electron chi connectivity index (χ2n) is 6.36. The fraction of sp³-hybridized carbons (Fsp3) is 0.556. The Balaban J connectivity index is 1.89. The monoisotopic (exact) mass is 365 g/mol. The third-order valence-electron chi connectivity index (χ3n) is 4.60. The maximum atomic E-state index is 12.8. The number of hydrogen-bond acceptors (Lipinski definition) is 4. The number of likely N-dealkylation sites (N-methyl/N-ethyl adjacent to an activating group) is 1. The molecule has 0 unspecified atom stereocenters. The number of aromatic nitrogens is 1. The maximum Gasteiger partial charge on any atom is 0.231 e. The molecule has 0 spiro atoms. The molecule has 1 aromatic heterocycles. The highest BCUT2D eigenvalue weighted by molar-refractivity contribution is 7.22. The largest absolute Gasteiger partial charge is 0.302 e. The van der Waals surface area contributed by atoms with Crippen LogP contribution in [0, 0.1) is 12.8 Å². The number of nitrogens with zero attached hydrogens (tertiary/aromatic N) is 3. The number of aryl methyl sites for hydroxylation is 1. The SMILES string of the molecule is CCN(CC)CCN(C(=O)C1CC1)c1nc2c(C)cc(Cl)cc2s1. The lowest BCUT2D eigenvalue weighted by atomic mass is 10.2. The third-order valence-corrected chi connectivity index (χ3v) is 5.84. The van der Waals surface area contributed by atoms with Crippen LogP contribution >= 0.6 is 22.9 Å². The highest BCUT2D eigenvalue weighted by Crippen LogP contribution is 2.37. The summed E-state index contributed by atoms with van der Waals surface area (Å²) in [5, 5.41) is 1.53. The fourth-order valence-corrected chi connectivity index (χ4v) is 4.34. The Labute approximate surface area is 152 Å². The van der Waals surface area contributed by atoms with E-state index in [0.717, 1.165) is 58.4 Å². The van der Waals surface area contributed by atoms with E-state index < -0.39 is 0 Å². The molecule has 1 fully saturated rings. The van der Waals surface area contributed by atoms with Crippen LogP contribution in [0.3, 0.4) is 0 Å². The van der Waals surface area contributed by atoms with Crippen LogP contribution in [0.4, 0.5) is 5.13 Å². The van der Waals surface area contributed by atoms with Gasteiger partial charge in [0.25, 0.3) is 0 Å². The summed E-state index contributed by atoms with van der Waals surface area (Å²) in [5.74, 6) is 0.420. The predicted molar refractivity (Wildman–Crippen MR) is 102 cm³/mol. The van der Waals surface area contributed by atoms with E-state index >= 15 is 0 Å². The molecule has 1 aromatic carbocycles. The van der Waals surface area contributed by atoms with Gasteiger partial charge in [-0.2, -0.15) is 0 Å². The molecule has 0 aliphatic heterocycles. The van der Waals surface area contributed by atoms with Gasteiger partial charge >= 0.3 is 0 Å². The van der Waals surface area contributed by atoms with Crippen LogP contribution in [-0.4, -0.2) is 42.0 Å². The van der Waals surface area contributed by atoms with Gasteiger partial charge in [0.15, 0.2) is 5.13 Å². The van der Waals surface area contributed by atoms with Gasteiger partial charge in [0.1, 0.15) is 0 Å². The summed E-state index contributed by atoms with van der Waals surface area (Å²) >= 11 is 7.73. The van der Waals surface area contributed by atoms with Crippen LogP contribution in [0.15, 0.2) is 12.1 Å². The first-order chi connectivity index (χ1) is 11.5. The van der Waals surface area contributed by atoms with Crippen molar-refractivity contribution < 1.29 is 4.79 Å². The molecule has 2 aromatic rings. The summed E-state index contributed by atoms with van der Waals surface area (Å²) in [4.78, 5) is 21.8. The van der Waals surface area contributed by atoms with Crippen LogP contribution in [0.5, 0.6) is 0 Å². The summed E-state index contributed by atoms with van der Waals surface area (Å²) in [6.07, 6.45) is 2.02. The maximum absolute atomic E-state index is 12.8. The lowest BCUT2D eigenvalue weighted by Gasteiger charge is -2.24. The minimum absolute atomic E-state index is 0.193. The first-order valence-corrected chi connectivity index (χ1v) is 9.83. The van der Waals surface area contributed by atoms with Crippen LogP contribution in [-0.2, 0) is 4.79 Å². The molecule has 130 valence electrons. The zero-order valence-corrected chi connectivity index (χ0v) is 16.1. The van der Waals surface area contributed by atoms with Crippen LogP contribution in [0.1, 0.15) is 32.3 Å². The molecule has 0 N–H and O–H groups in total. The number of carbonyl (C=O) groups is 1. The highest BCUT2D eigenvalue weighted by Gasteiger charge is 2.35. The van der Waals surface area contributed by atoms with Gasteiger partial charge in [-0.25, -0.2) is 4.98 Å². The van der Waals surface area contributed by atoms with Crippen molar-refractivity contribution in [1.82, 2.24) is 9.88 Å². The number of benzene rings is 1. The molecule has 4 nitrogen and oxygen atoms in total. The van der Waals surface area contributed by atoms with Crippen molar-refractivity contribution in [2.24, 2.45) is 5.92 Å². The van der Waals surface area contributed by atoms with Gasteiger partial charge in [-0.15, -0.1) is 0 Å². The van der Waals surface area contributed by atoms with Gasteiger partial charge in [0, 0.05) is 24.0 Å². The minimum atomic E-state index is 0.193. The average molecular weight is 366 g/mol. The summed E-state index contributed by atoms with van der Waals surface area (Å²) in [7, 11) is 0. The van der Waals surface area contributed by atoms with Crippen molar-refractivity contribution in [3.8, 4) is 0 Å². The second kappa shape index (κ2) is 7.38. The second-order valence-corrected chi connectivity index (χ2v) is 7.80. The Morgan fingerprint density at radius 1 is 1.29 bits per heavy atom. The number of anilines is 1. The van der Waals surface area contributed by atoms with Crippen molar-refractivity contribution in [2.75, 3.05) is 31.1 Å². The third kappa shape index (κ3) is 3.73. The Hall–Kier alpha value is -1.17. The summed E-state index contributed by atoms with van der Waals surface area (Å²) in [6, 6.07) is 3.87. The zero-order valence-electron chi connectivity index (χ0n) is 14.5. The fourth-order valence-electron chi connectivity index (χ4n) is 2.89. The van der Waals surface area contributed by atoms with Crippen LogP contribution in [0.25, 0.3) is 10.2 Å². The van der Waals surface area contributed by atoms with Crippen LogP contribution in [0.2, 0.25) is 5.02 Å². The van der Waals surface area contributed by atoms with E-state index in [1.807, 2.05) is 24.0 Å². The predicted octanol–water partition coefficient (Wildman–Crippen LogP) is 4.34. The van der Waals surface area contributed by atoms with Crippen molar-refractivity contribution in [2.45, 2.75) is 33.6 Å². The first kappa shape index (κ1) is 17.6. The van der Waals surface area contributed by atoms with E-state index in [9.17, 15) is 4.79 Å². The number of rotatable bonds is 7. The van der Waals surface area contributed by atoms with Gasteiger partial charge in [0.05, 0.1) is 10.2 Å². The van der Waals surface area contributed by atoms with Crippen LogP contribution < -0.4 is 4.90 Å². The number of thiazole rings is 1. The summed E-state index contributed by atoms with van der Waals surface area (Å²) in [5.41, 5.74) is 2.01. The highest BCUT2D eigenvalue weighted by atomic mass is 35.5. The van der Waals surface area contributed by atoms with Crippen molar-refractivity contribution in [1.29, 1.82) is 0 Å². The Morgan fingerprint density at radius 3 is 2.62 bits per heavy atom. The normalized spacial score (nSPS) is 14.5. The molecule has 1 saturated carbocycles. The Kier molecular flexibility index (Phi) is 5.42. The lowest BCUT2D eigenvalue weighted by molar-refractivity contribution is -0.119. The van der Waals surface area contributed by atoms with Crippen molar-refractivity contribution in [3.05, 3.63) is 22.7 Å². The van der Waals surface area contributed by atoms with E-state index in [4.69, 9.17) is 16.6 Å². The smallest absolute Gasteiger partial charge is 0.231 e. The summed E-state index contributed by atoms with van der Waals surface area (Å²) < 4.78 is 1.05. The lowest BCUT2D eigenvalue weighted by Crippen LogP contribution is -2.39. The molecular formula is C18H24ClN3OS. The topological polar surface area (TPSA) is 36.4 Å². The number of fused-ring (bicyclic) bond motifs is 1. The molecule has 6 heteroatoms. The molecule has 0 saturated heterocycles. The quantitative estimate of drug-likeness (QED) is 0.732. The zero-order chi connectivity index (χ0) is 17.3. The molecule has 0 bridgehead atoms.